The summed E-state index contributed by atoms with van der Waals surface area (Å²) in [5.41, 5.74) is 4.27. The van der Waals surface area contributed by atoms with E-state index in [1.165, 1.54) is 18.0 Å². The number of aromatic nitrogens is 2. The van der Waals surface area contributed by atoms with Crippen molar-refractivity contribution in [3.8, 4) is 11.1 Å². The standard InChI is InChI=1S/C32H26ClN5O4S/c1-2-42-31(41)23-17-35-25-9-6-18(14-22(25)28(23)19-10-12-34-13-11-19)15-27-30(40)38-32(43-27)37-26-16-21(7-8-24(26)33)36-29(39)20-4-3-5-20/h6-17,20H,2-5H2,1H3,(H,36,39)(H,37,38,40)/b27-15-. The number of amides is 2. The molecule has 2 aromatic heterocycles. The number of aliphatic imine (C=N–C) groups is 1. The highest BCUT2D eigenvalue weighted by Crippen LogP contribution is 2.36. The largest absolute Gasteiger partial charge is 0.462 e. The van der Waals surface area contributed by atoms with Crippen LogP contribution >= 0.6 is 23.4 Å². The fraction of sp³-hybridized carbons (Fsp3) is 0.188. The zero-order chi connectivity index (χ0) is 29.9. The smallest absolute Gasteiger partial charge is 0.340 e. The zero-order valence-electron chi connectivity index (χ0n) is 23.1. The number of nitrogens with zero attached hydrogens (tertiary/aromatic N) is 3. The summed E-state index contributed by atoms with van der Waals surface area (Å²) < 4.78 is 5.30. The van der Waals surface area contributed by atoms with Crippen molar-refractivity contribution >= 4 is 74.7 Å². The molecule has 1 saturated carbocycles. The molecule has 2 N–H and O–H groups in total. The number of nitrogens with one attached hydrogen (secondary N) is 2. The van der Waals surface area contributed by atoms with Crippen molar-refractivity contribution in [2.45, 2.75) is 26.2 Å². The van der Waals surface area contributed by atoms with Gasteiger partial charge in [0, 0.05) is 41.1 Å². The molecule has 1 aliphatic heterocycles. The van der Waals surface area contributed by atoms with Gasteiger partial charge in [-0.15, -0.1) is 0 Å². The molecular weight excluding hydrogens is 586 g/mol. The lowest BCUT2D eigenvalue weighted by Crippen LogP contribution is -2.27. The molecule has 1 saturated heterocycles. The number of fused-ring (bicyclic) bond motifs is 1. The number of pyridine rings is 2. The zero-order valence-corrected chi connectivity index (χ0v) is 24.7. The van der Waals surface area contributed by atoms with Crippen molar-refractivity contribution in [1.82, 2.24) is 15.3 Å². The maximum Gasteiger partial charge on any atom is 0.340 e. The van der Waals surface area contributed by atoms with Gasteiger partial charge < -0.3 is 15.4 Å². The number of hydrogen-bond acceptors (Lipinski definition) is 8. The molecule has 9 nitrogen and oxygen atoms in total. The van der Waals surface area contributed by atoms with Crippen LogP contribution in [-0.2, 0) is 14.3 Å². The number of anilines is 1. The Morgan fingerprint density at radius 2 is 1.98 bits per heavy atom. The number of halogens is 1. The van der Waals surface area contributed by atoms with Gasteiger partial charge in [-0.05, 0) is 91.2 Å². The summed E-state index contributed by atoms with van der Waals surface area (Å²) in [5, 5.41) is 7.21. The minimum atomic E-state index is -0.468. The summed E-state index contributed by atoms with van der Waals surface area (Å²) in [6.45, 7) is 1.99. The van der Waals surface area contributed by atoms with Crippen molar-refractivity contribution in [3.05, 3.63) is 88.2 Å². The minimum Gasteiger partial charge on any atom is -0.462 e. The molecule has 43 heavy (non-hydrogen) atoms. The Balaban J connectivity index is 1.31. The van der Waals surface area contributed by atoms with Gasteiger partial charge in [0.05, 0.1) is 33.3 Å². The number of carbonyl (C=O) groups is 3. The molecule has 0 radical (unpaired) electrons. The summed E-state index contributed by atoms with van der Waals surface area (Å²) in [6.07, 6.45) is 9.47. The highest BCUT2D eigenvalue weighted by molar-refractivity contribution is 8.18. The predicted octanol–water partition coefficient (Wildman–Crippen LogP) is 6.76. The van der Waals surface area contributed by atoms with Crippen molar-refractivity contribution in [2.75, 3.05) is 11.9 Å². The van der Waals surface area contributed by atoms with E-state index in [9.17, 15) is 14.4 Å². The van der Waals surface area contributed by atoms with E-state index in [0.717, 1.165) is 35.8 Å². The van der Waals surface area contributed by atoms with Gasteiger partial charge in [0.1, 0.15) is 0 Å². The van der Waals surface area contributed by atoms with Gasteiger partial charge in [-0.1, -0.05) is 24.1 Å². The maximum absolute atomic E-state index is 12.9. The van der Waals surface area contributed by atoms with Crippen LogP contribution in [0.5, 0.6) is 0 Å². The van der Waals surface area contributed by atoms with E-state index >= 15 is 0 Å². The van der Waals surface area contributed by atoms with E-state index in [2.05, 4.69) is 25.6 Å². The number of benzene rings is 2. The van der Waals surface area contributed by atoms with Crippen LogP contribution in [-0.4, -0.2) is 39.5 Å². The Morgan fingerprint density at radius 1 is 1.16 bits per heavy atom. The molecule has 6 rings (SSSR count). The number of ether oxygens (including phenoxy) is 1. The van der Waals surface area contributed by atoms with Crippen LogP contribution in [0, 0.1) is 5.92 Å². The fourth-order valence-electron chi connectivity index (χ4n) is 4.83. The predicted molar refractivity (Wildman–Crippen MR) is 169 cm³/mol. The van der Waals surface area contributed by atoms with Crippen molar-refractivity contribution < 1.29 is 19.1 Å². The number of amidine groups is 1. The van der Waals surface area contributed by atoms with E-state index in [-0.39, 0.29) is 24.3 Å². The average Bonchev–Trinajstić information content (AvgIpc) is 3.31. The van der Waals surface area contributed by atoms with Crippen molar-refractivity contribution in [2.24, 2.45) is 10.9 Å². The minimum absolute atomic E-state index is 0.00649. The third kappa shape index (κ3) is 6.16. The number of hydrogen-bond donors (Lipinski definition) is 2. The second-order valence-electron chi connectivity index (χ2n) is 10.0. The van der Waals surface area contributed by atoms with Crippen LogP contribution in [0.25, 0.3) is 28.1 Å². The van der Waals surface area contributed by atoms with E-state index in [0.29, 0.717) is 43.1 Å². The monoisotopic (exact) mass is 611 g/mol. The topological polar surface area (TPSA) is 123 Å². The molecular formula is C32H26ClN5O4S. The SMILES string of the molecule is CCOC(=O)c1cnc2ccc(/C=C3\SC(=Nc4cc(NC(=O)C5CCC5)ccc4Cl)NC3=O)cc2c1-c1ccncc1. The molecule has 2 fully saturated rings. The van der Waals surface area contributed by atoms with Gasteiger partial charge in [-0.3, -0.25) is 19.6 Å². The number of rotatable bonds is 7. The second-order valence-corrected chi connectivity index (χ2v) is 11.5. The van der Waals surface area contributed by atoms with E-state index in [1.54, 1.807) is 43.6 Å². The summed E-state index contributed by atoms with van der Waals surface area (Å²) in [6, 6.07) is 14.3. The van der Waals surface area contributed by atoms with Gasteiger partial charge in [-0.2, -0.15) is 0 Å². The summed E-state index contributed by atoms with van der Waals surface area (Å²) in [5.74, 6) is -0.731. The lowest BCUT2D eigenvalue weighted by molar-refractivity contribution is -0.122. The lowest BCUT2D eigenvalue weighted by Gasteiger charge is -2.24. The highest BCUT2D eigenvalue weighted by Gasteiger charge is 2.26. The third-order valence-corrected chi connectivity index (χ3v) is 8.45. The lowest BCUT2D eigenvalue weighted by atomic mass is 9.85. The third-order valence-electron chi connectivity index (χ3n) is 7.22. The highest BCUT2D eigenvalue weighted by atomic mass is 35.5. The average molecular weight is 612 g/mol. The van der Waals surface area contributed by atoms with Crippen LogP contribution in [0.15, 0.2) is 77.0 Å². The van der Waals surface area contributed by atoms with Gasteiger partial charge in [-0.25, -0.2) is 9.79 Å². The van der Waals surface area contributed by atoms with Crippen LogP contribution in [0.4, 0.5) is 11.4 Å². The first kappa shape index (κ1) is 28.6. The Bertz CT molecular complexity index is 1820. The molecule has 0 spiro atoms. The Morgan fingerprint density at radius 3 is 2.72 bits per heavy atom. The Hall–Kier alpha value is -4.54. The quantitative estimate of drug-likeness (QED) is 0.175. The molecule has 216 valence electrons. The molecule has 0 bridgehead atoms. The fourth-order valence-corrected chi connectivity index (χ4v) is 5.82. The van der Waals surface area contributed by atoms with E-state index in [1.807, 2.05) is 30.3 Å². The van der Waals surface area contributed by atoms with Gasteiger partial charge in [0.25, 0.3) is 5.91 Å². The molecule has 2 aromatic carbocycles. The number of carbonyl (C=O) groups excluding carboxylic acids is 3. The molecule has 4 aromatic rings. The van der Waals surface area contributed by atoms with Crippen LogP contribution in [0.2, 0.25) is 5.02 Å². The molecule has 2 amide bonds. The van der Waals surface area contributed by atoms with Crippen molar-refractivity contribution in [3.63, 3.8) is 0 Å². The van der Waals surface area contributed by atoms with E-state index in [4.69, 9.17) is 16.3 Å². The second kappa shape index (κ2) is 12.4. The first-order valence-corrected chi connectivity index (χ1v) is 15.0. The van der Waals surface area contributed by atoms with E-state index < -0.39 is 5.97 Å². The summed E-state index contributed by atoms with van der Waals surface area (Å²) >= 11 is 7.57. The Labute approximate surface area is 256 Å². The number of thioether (sulfide) groups is 1. The summed E-state index contributed by atoms with van der Waals surface area (Å²) in [7, 11) is 0. The van der Waals surface area contributed by atoms with Gasteiger partial charge in [0.15, 0.2) is 5.17 Å². The molecule has 0 atom stereocenters. The normalized spacial score (nSPS) is 16.7. The first-order chi connectivity index (χ1) is 20.9. The maximum atomic E-state index is 12.9. The molecule has 11 heteroatoms. The van der Waals surface area contributed by atoms with Crippen LogP contribution in [0.3, 0.4) is 0 Å². The first-order valence-electron chi connectivity index (χ1n) is 13.8. The molecule has 2 aliphatic rings. The Kier molecular flexibility index (Phi) is 8.22. The number of esters is 1. The van der Waals surface area contributed by atoms with Crippen molar-refractivity contribution in [1.29, 1.82) is 0 Å². The van der Waals surface area contributed by atoms with Crippen LogP contribution in [0.1, 0.15) is 42.1 Å². The molecule has 0 unspecified atom stereocenters. The molecule has 3 heterocycles. The van der Waals surface area contributed by atoms with Gasteiger partial charge in [0.2, 0.25) is 5.91 Å². The van der Waals surface area contributed by atoms with Crippen LogP contribution < -0.4 is 10.6 Å². The molecule has 1 aliphatic carbocycles. The van der Waals surface area contributed by atoms with Gasteiger partial charge >= 0.3 is 5.97 Å². The summed E-state index contributed by atoms with van der Waals surface area (Å²) in [4.78, 5) is 51.7.